The van der Waals surface area contributed by atoms with Crippen molar-refractivity contribution < 1.29 is 17.6 Å². The molecule has 1 rings (SSSR count). The Morgan fingerprint density at radius 2 is 1.67 bits per heavy atom. The molecule has 0 unspecified atom stereocenters. The van der Waals surface area contributed by atoms with Crippen molar-refractivity contribution in [3.8, 4) is 0 Å². The van der Waals surface area contributed by atoms with E-state index in [0.717, 1.165) is 0 Å². The molecule has 1 aliphatic rings. The third-order valence-electron chi connectivity index (χ3n) is 1.96. The average molecular weight is 208 g/mol. The maximum atomic E-state index is 12.1. The van der Waals surface area contributed by atoms with Gasteiger partial charge in [0, 0.05) is 12.8 Å². The largest absolute Gasteiger partial charge is 0.323 e. The normalized spacial score (nSPS) is 24.5. The molecule has 0 saturated heterocycles. The van der Waals surface area contributed by atoms with Gasteiger partial charge in [-0.25, -0.2) is 17.6 Å². The third kappa shape index (κ3) is 2.48. The Hall–Kier alpha value is -0.0300. The Morgan fingerprint density at radius 1 is 1.25 bits per heavy atom. The molecule has 0 spiro atoms. The molecular formula is C6H10ClF4N. The molecular weight excluding hydrogens is 198 g/mol. The number of halogens is 5. The molecule has 1 saturated carbocycles. The molecule has 2 N–H and O–H groups in total. The van der Waals surface area contributed by atoms with Gasteiger partial charge >= 0.3 is 0 Å². The van der Waals surface area contributed by atoms with E-state index in [4.69, 9.17) is 5.73 Å². The number of hydrogen-bond acceptors (Lipinski definition) is 1. The minimum atomic E-state index is -2.75. The number of hydrogen-bond donors (Lipinski definition) is 1. The van der Waals surface area contributed by atoms with Crippen LogP contribution in [0.15, 0.2) is 0 Å². The van der Waals surface area contributed by atoms with Crippen molar-refractivity contribution in [3.05, 3.63) is 0 Å². The first-order chi connectivity index (χ1) is 4.92. The highest BCUT2D eigenvalue weighted by Crippen LogP contribution is 2.44. The zero-order chi connectivity index (χ0) is 8.65. The molecule has 0 radical (unpaired) electrons. The highest BCUT2D eigenvalue weighted by atomic mass is 35.5. The van der Waals surface area contributed by atoms with Crippen LogP contribution in [0, 0.1) is 5.92 Å². The van der Waals surface area contributed by atoms with Crippen molar-refractivity contribution in [3.63, 3.8) is 0 Å². The van der Waals surface area contributed by atoms with Crippen LogP contribution in [0.4, 0.5) is 17.6 Å². The predicted molar refractivity (Wildman–Crippen MR) is 38.9 cm³/mol. The molecule has 74 valence electrons. The van der Waals surface area contributed by atoms with Gasteiger partial charge in [0.1, 0.15) is 0 Å². The van der Waals surface area contributed by atoms with E-state index in [0.29, 0.717) is 0 Å². The van der Waals surface area contributed by atoms with Gasteiger partial charge in [-0.05, 0) is 5.92 Å². The number of rotatable bonds is 2. The first-order valence-electron chi connectivity index (χ1n) is 3.34. The Morgan fingerprint density at radius 3 is 1.92 bits per heavy atom. The van der Waals surface area contributed by atoms with E-state index < -0.39 is 37.1 Å². The molecule has 0 aromatic heterocycles. The summed E-state index contributed by atoms with van der Waals surface area (Å²) in [5.74, 6) is -3.46. The SMILES string of the molecule is Cl.N[C@@H](C(F)F)C1CC(F)(F)C1. The Kier molecular flexibility index (Phi) is 3.78. The summed E-state index contributed by atoms with van der Waals surface area (Å²) in [7, 11) is 0. The first-order valence-corrected chi connectivity index (χ1v) is 3.34. The van der Waals surface area contributed by atoms with Gasteiger partial charge in [-0.2, -0.15) is 0 Å². The summed E-state index contributed by atoms with van der Waals surface area (Å²) in [6.07, 6.45) is -3.66. The molecule has 0 aromatic carbocycles. The summed E-state index contributed by atoms with van der Waals surface area (Å²) < 4.78 is 47.8. The maximum Gasteiger partial charge on any atom is 0.253 e. The molecule has 0 amide bonds. The lowest BCUT2D eigenvalue weighted by atomic mass is 9.77. The van der Waals surface area contributed by atoms with Crippen molar-refractivity contribution in [1.82, 2.24) is 0 Å². The van der Waals surface area contributed by atoms with Gasteiger partial charge < -0.3 is 5.73 Å². The van der Waals surface area contributed by atoms with Crippen molar-refractivity contribution >= 4 is 12.4 Å². The fourth-order valence-electron chi connectivity index (χ4n) is 1.19. The fraction of sp³-hybridized carbons (Fsp3) is 1.00. The van der Waals surface area contributed by atoms with E-state index in [1.807, 2.05) is 0 Å². The van der Waals surface area contributed by atoms with Crippen molar-refractivity contribution in [2.45, 2.75) is 31.2 Å². The molecule has 0 heterocycles. The highest BCUT2D eigenvalue weighted by Gasteiger charge is 2.49. The summed E-state index contributed by atoms with van der Waals surface area (Å²) in [6.45, 7) is 0. The molecule has 1 nitrogen and oxygen atoms in total. The predicted octanol–water partition coefficient (Wildman–Crippen LogP) is 2.05. The molecule has 1 atom stereocenters. The first kappa shape index (κ1) is 12.0. The number of nitrogens with two attached hydrogens (primary N) is 1. The van der Waals surface area contributed by atoms with E-state index in [2.05, 4.69) is 0 Å². The van der Waals surface area contributed by atoms with Gasteiger partial charge in [-0.3, -0.25) is 0 Å². The van der Waals surface area contributed by atoms with Gasteiger partial charge in [0.05, 0.1) is 6.04 Å². The van der Waals surface area contributed by atoms with E-state index in [1.54, 1.807) is 0 Å². The summed E-state index contributed by atoms with van der Waals surface area (Å²) in [4.78, 5) is 0. The van der Waals surface area contributed by atoms with Crippen LogP contribution in [0.1, 0.15) is 12.8 Å². The second kappa shape index (κ2) is 3.79. The smallest absolute Gasteiger partial charge is 0.253 e. The van der Waals surface area contributed by atoms with Crippen molar-refractivity contribution in [1.29, 1.82) is 0 Å². The summed E-state index contributed by atoms with van der Waals surface area (Å²) in [5, 5.41) is 0. The van der Waals surface area contributed by atoms with Crippen LogP contribution in [-0.2, 0) is 0 Å². The van der Waals surface area contributed by atoms with E-state index >= 15 is 0 Å². The van der Waals surface area contributed by atoms with Crippen LogP contribution in [0.3, 0.4) is 0 Å². The second-order valence-corrected chi connectivity index (χ2v) is 2.94. The zero-order valence-electron chi connectivity index (χ0n) is 6.14. The lowest BCUT2D eigenvalue weighted by Gasteiger charge is -2.38. The molecule has 6 heteroatoms. The molecule has 0 aromatic rings. The molecule has 1 aliphatic carbocycles. The zero-order valence-corrected chi connectivity index (χ0v) is 6.96. The lowest BCUT2D eigenvalue weighted by Crippen LogP contribution is -2.48. The van der Waals surface area contributed by atoms with Gasteiger partial charge in [-0.1, -0.05) is 0 Å². The van der Waals surface area contributed by atoms with E-state index in [1.165, 1.54) is 0 Å². The number of alkyl halides is 4. The lowest BCUT2D eigenvalue weighted by molar-refractivity contribution is -0.127. The monoisotopic (exact) mass is 207 g/mol. The third-order valence-corrected chi connectivity index (χ3v) is 1.96. The van der Waals surface area contributed by atoms with Crippen LogP contribution in [-0.4, -0.2) is 18.4 Å². The molecule has 1 fully saturated rings. The summed E-state index contributed by atoms with van der Waals surface area (Å²) >= 11 is 0. The second-order valence-electron chi connectivity index (χ2n) is 2.94. The Labute approximate surface area is 73.7 Å². The van der Waals surface area contributed by atoms with E-state index in [9.17, 15) is 17.6 Å². The maximum absolute atomic E-state index is 12.1. The Bertz CT molecular complexity index is 144. The minimum Gasteiger partial charge on any atom is -0.323 e. The highest BCUT2D eigenvalue weighted by molar-refractivity contribution is 5.85. The average Bonchev–Trinajstić information content (AvgIpc) is 1.80. The summed E-state index contributed by atoms with van der Waals surface area (Å²) in [6, 6.07) is -1.38. The van der Waals surface area contributed by atoms with Crippen LogP contribution < -0.4 is 5.73 Å². The van der Waals surface area contributed by atoms with E-state index in [-0.39, 0.29) is 12.4 Å². The van der Waals surface area contributed by atoms with Gasteiger partial charge in [0.25, 0.3) is 6.43 Å². The quantitative estimate of drug-likeness (QED) is 0.689. The van der Waals surface area contributed by atoms with Crippen LogP contribution in [0.2, 0.25) is 0 Å². The molecule has 0 aliphatic heterocycles. The van der Waals surface area contributed by atoms with Crippen LogP contribution >= 0.6 is 12.4 Å². The minimum absolute atomic E-state index is 0. The van der Waals surface area contributed by atoms with Crippen LogP contribution in [0.25, 0.3) is 0 Å². The van der Waals surface area contributed by atoms with Crippen molar-refractivity contribution in [2.75, 3.05) is 0 Å². The van der Waals surface area contributed by atoms with Crippen molar-refractivity contribution in [2.24, 2.45) is 11.7 Å². The van der Waals surface area contributed by atoms with Gasteiger partial charge in [0.15, 0.2) is 0 Å². The Balaban J connectivity index is 0.00000121. The van der Waals surface area contributed by atoms with Gasteiger partial charge in [0.2, 0.25) is 5.92 Å². The van der Waals surface area contributed by atoms with Gasteiger partial charge in [-0.15, -0.1) is 12.4 Å². The standard InChI is InChI=1S/C6H9F4N.ClH/c7-5(8)4(11)3-1-6(9,10)2-3;/h3-5H,1-2,11H2;1H/t4-;/m1./s1. The molecule has 0 bridgehead atoms. The topological polar surface area (TPSA) is 26.0 Å². The van der Waals surface area contributed by atoms with Crippen LogP contribution in [0.5, 0.6) is 0 Å². The fourth-order valence-corrected chi connectivity index (χ4v) is 1.19. The summed E-state index contributed by atoms with van der Waals surface area (Å²) in [5.41, 5.74) is 4.96. The molecule has 12 heavy (non-hydrogen) atoms.